The van der Waals surface area contributed by atoms with Crippen molar-refractivity contribution >= 4 is 28.9 Å². The van der Waals surface area contributed by atoms with E-state index in [2.05, 4.69) is 4.98 Å². The summed E-state index contributed by atoms with van der Waals surface area (Å²) < 4.78 is 5.35. The molecule has 0 fully saturated rings. The minimum Gasteiger partial charge on any atom is -0.482 e. The van der Waals surface area contributed by atoms with Gasteiger partial charge in [0.2, 0.25) is 0 Å². The number of ether oxygens (including phenoxy) is 1. The first kappa shape index (κ1) is 13.6. The molecule has 0 aliphatic carbocycles. The number of benzene rings is 1. The van der Waals surface area contributed by atoms with Crippen LogP contribution in [-0.4, -0.2) is 35.1 Å². The molecule has 0 spiro atoms. The van der Waals surface area contributed by atoms with Crippen LogP contribution in [0.1, 0.15) is 4.88 Å². The van der Waals surface area contributed by atoms with Gasteiger partial charge in [0.25, 0.3) is 5.91 Å². The lowest BCUT2D eigenvalue weighted by molar-refractivity contribution is -0.137. The molecule has 6 nitrogen and oxygen atoms in total. The molecule has 0 saturated heterocycles. The van der Waals surface area contributed by atoms with Gasteiger partial charge in [-0.2, -0.15) is 0 Å². The molecule has 1 aliphatic rings. The molecule has 0 saturated carbocycles. The summed E-state index contributed by atoms with van der Waals surface area (Å²) in [5, 5.41) is 8.96. The monoisotopic (exact) mass is 304 g/mol. The number of aromatic nitrogens is 1. The van der Waals surface area contributed by atoms with E-state index < -0.39 is 5.97 Å². The van der Waals surface area contributed by atoms with Crippen LogP contribution in [0.3, 0.4) is 0 Å². The Morgan fingerprint density at radius 1 is 1.52 bits per heavy atom. The zero-order chi connectivity index (χ0) is 15.0. The number of rotatable bonds is 3. The van der Waals surface area contributed by atoms with Crippen LogP contribution >= 0.6 is 11.3 Å². The van der Waals surface area contributed by atoms with Gasteiger partial charge in [-0.25, -0.2) is 4.98 Å². The molecular weight excluding hydrogens is 292 g/mol. The van der Waals surface area contributed by atoms with Gasteiger partial charge in [0.05, 0.1) is 16.9 Å². The van der Waals surface area contributed by atoms with E-state index in [9.17, 15) is 9.59 Å². The number of aryl methyl sites for hydroxylation is 1. The largest absolute Gasteiger partial charge is 0.482 e. The summed E-state index contributed by atoms with van der Waals surface area (Å²) in [5.41, 5.74) is 3.89. The lowest BCUT2D eigenvalue weighted by atomic mass is 10.1. The first-order valence-electron chi connectivity index (χ1n) is 6.25. The Labute approximate surface area is 124 Å². The molecule has 7 heteroatoms. The van der Waals surface area contributed by atoms with Crippen LogP contribution in [0.25, 0.3) is 11.3 Å². The van der Waals surface area contributed by atoms with Crippen LogP contribution in [0.15, 0.2) is 23.7 Å². The van der Waals surface area contributed by atoms with Crippen molar-refractivity contribution in [1.29, 1.82) is 0 Å². The summed E-state index contributed by atoms with van der Waals surface area (Å²) in [7, 11) is 0. The van der Waals surface area contributed by atoms with Crippen molar-refractivity contribution in [2.45, 2.75) is 6.92 Å². The Hall–Kier alpha value is -2.41. The molecule has 3 rings (SSSR count). The van der Waals surface area contributed by atoms with Gasteiger partial charge in [0, 0.05) is 10.4 Å². The number of fused-ring (bicyclic) bond motifs is 1. The standard InChI is InChI=1S/C14H12N2O4S/c1-8-14(15-7-21-8)9-2-3-11-10(4-9)16(5-13(18)19)12(17)6-20-11/h2-4,7H,5-6H2,1H3,(H,18,19). The second kappa shape index (κ2) is 5.17. The lowest BCUT2D eigenvalue weighted by Gasteiger charge is -2.28. The summed E-state index contributed by atoms with van der Waals surface area (Å²) >= 11 is 1.53. The van der Waals surface area contributed by atoms with Crippen molar-refractivity contribution < 1.29 is 19.4 Å². The number of carboxylic acids is 1. The fraction of sp³-hybridized carbons (Fsp3) is 0.214. The molecule has 1 aromatic heterocycles. The fourth-order valence-corrected chi connectivity index (χ4v) is 2.84. The summed E-state index contributed by atoms with van der Waals surface area (Å²) in [6, 6.07) is 5.35. The van der Waals surface area contributed by atoms with Gasteiger partial charge in [0.15, 0.2) is 6.61 Å². The number of hydrogen-bond donors (Lipinski definition) is 1. The molecule has 0 atom stereocenters. The number of carbonyl (C=O) groups is 2. The molecule has 0 bridgehead atoms. The molecule has 21 heavy (non-hydrogen) atoms. The van der Waals surface area contributed by atoms with Gasteiger partial charge < -0.3 is 9.84 Å². The van der Waals surface area contributed by atoms with Crippen LogP contribution in [0, 0.1) is 6.92 Å². The van der Waals surface area contributed by atoms with Gasteiger partial charge >= 0.3 is 5.97 Å². The number of anilines is 1. The quantitative estimate of drug-likeness (QED) is 0.937. The van der Waals surface area contributed by atoms with Gasteiger partial charge in [-0.05, 0) is 25.1 Å². The number of thiazole rings is 1. The van der Waals surface area contributed by atoms with Gasteiger partial charge in [-0.3, -0.25) is 14.5 Å². The second-order valence-corrected chi connectivity index (χ2v) is 5.66. The van der Waals surface area contributed by atoms with Crippen molar-refractivity contribution in [2.24, 2.45) is 0 Å². The number of hydrogen-bond acceptors (Lipinski definition) is 5. The number of carbonyl (C=O) groups excluding carboxylic acids is 1. The van der Waals surface area contributed by atoms with E-state index in [1.54, 1.807) is 17.6 Å². The van der Waals surface area contributed by atoms with Crippen LogP contribution < -0.4 is 9.64 Å². The third-order valence-electron chi connectivity index (χ3n) is 3.21. The third-order valence-corrected chi connectivity index (χ3v) is 3.97. The molecule has 1 N–H and O–H groups in total. The molecule has 1 aromatic carbocycles. The number of carboxylic acid groups (broad SMARTS) is 1. The van der Waals surface area contributed by atoms with Crippen molar-refractivity contribution in [1.82, 2.24) is 4.98 Å². The Bertz CT molecular complexity index is 726. The zero-order valence-corrected chi connectivity index (χ0v) is 12.0. The highest BCUT2D eigenvalue weighted by atomic mass is 32.1. The van der Waals surface area contributed by atoms with E-state index in [-0.39, 0.29) is 19.1 Å². The average molecular weight is 304 g/mol. The van der Waals surface area contributed by atoms with Crippen LogP contribution in [-0.2, 0) is 9.59 Å². The normalized spacial score (nSPS) is 13.8. The summed E-state index contributed by atoms with van der Waals surface area (Å²) in [6.07, 6.45) is 0. The van der Waals surface area contributed by atoms with Crippen molar-refractivity contribution in [2.75, 3.05) is 18.1 Å². The van der Waals surface area contributed by atoms with E-state index in [4.69, 9.17) is 9.84 Å². The van der Waals surface area contributed by atoms with Gasteiger partial charge in [-0.1, -0.05) is 0 Å². The molecule has 108 valence electrons. The van der Waals surface area contributed by atoms with Gasteiger partial charge in [-0.15, -0.1) is 11.3 Å². The minimum atomic E-state index is -1.06. The average Bonchev–Trinajstić information content (AvgIpc) is 2.87. The predicted octanol–water partition coefficient (Wildman–Crippen LogP) is 1.93. The highest BCUT2D eigenvalue weighted by molar-refractivity contribution is 7.10. The molecule has 0 radical (unpaired) electrons. The molecule has 2 heterocycles. The van der Waals surface area contributed by atoms with E-state index in [0.717, 1.165) is 16.1 Å². The Morgan fingerprint density at radius 2 is 2.33 bits per heavy atom. The van der Waals surface area contributed by atoms with E-state index in [1.807, 2.05) is 13.0 Å². The Morgan fingerprint density at radius 3 is 3.00 bits per heavy atom. The van der Waals surface area contributed by atoms with Crippen LogP contribution in [0.4, 0.5) is 5.69 Å². The highest BCUT2D eigenvalue weighted by Crippen LogP contribution is 2.36. The van der Waals surface area contributed by atoms with E-state index in [1.165, 1.54) is 16.2 Å². The summed E-state index contributed by atoms with van der Waals surface area (Å²) in [5.74, 6) is -0.920. The van der Waals surface area contributed by atoms with Crippen molar-refractivity contribution in [3.8, 4) is 17.0 Å². The fourth-order valence-electron chi connectivity index (χ4n) is 2.24. The topological polar surface area (TPSA) is 79.7 Å². The first-order chi connectivity index (χ1) is 10.1. The van der Waals surface area contributed by atoms with Crippen LogP contribution in [0.2, 0.25) is 0 Å². The lowest BCUT2D eigenvalue weighted by Crippen LogP contribution is -2.41. The van der Waals surface area contributed by atoms with E-state index in [0.29, 0.717) is 11.4 Å². The predicted molar refractivity (Wildman–Crippen MR) is 77.8 cm³/mol. The molecule has 1 amide bonds. The SMILES string of the molecule is Cc1scnc1-c1ccc2c(c1)N(CC(=O)O)C(=O)CO2. The minimum absolute atomic E-state index is 0.143. The van der Waals surface area contributed by atoms with Gasteiger partial charge in [0.1, 0.15) is 12.3 Å². The number of aliphatic carboxylic acids is 1. The Balaban J connectivity index is 2.07. The zero-order valence-electron chi connectivity index (χ0n) is 11.2. The molecule has 2 aromatic rings. The second-order valence-electron chi connectivity index (χ2n) is 4.60. The summed E-state index contributed by atoms with van der Waals surface area (Å²) in [4.78, 5) is 29.4. The number of amides is 1. The summed E-state index contributed by atoms with van der Waals surface area (Å²) in [6.45, 7) is 1.44. The van der Waals surface area contributed by atoms with E-state index >= 15 is 0 Å². The maximum atomic E-state index is 11.9. The van der Waals surface area contributed by atoms with Crippen molar-refractivity contribution in [3.05, 3.63) is 28.6 Å². The maximum absolute atomic E-state index is 11.9. The molecule has 1 aliphatic heterocycles. The third kappa shape index (κ3) is 2.47. The van der Waals surface area contributed by atoms with Crippen molar-refractivity contribution in [3.63, 3.8) is 0 Å². The Kier molecular flexibility index (Phi) is 3.34. The smallest absolute Gasteiger partial charge is 0.323 e. The first-order valence-corrected chi connectivity index (χ1v) is 7.13. The van der Waals surface area contributed by atoms with Crippen LogP contribution in [0.5, 0.6) is 5.75 Å². The molecule has 0 unspecified atom stereocenters. The number of nitrogens with zero attached hydrogens (tertiary/aromatic N) is 2. The molecular formula is C14H12N2O4S. The maximum Gasteiger partial charge on any atom is 0.323 e. The highest BCUT2D eigenvalue weighted by Gasteiger charge is 2.27.